The summed E-state index contributed by atoms with van der Waals surface area (Å²) in [4.78, 5) is 26.6. The second-order valence-electron chi connectivity index (χ2n) is 12.4. The quantitative estimate of drug-likeness (QED) is 0.0772. The third-order valence-corrected chi connectivity index (χ3v) is 9.03. The fraction of sp³-hybridized carbons (Fsp3) is 0.282. The minimum atomic E-state index is -1.10. The number of phenolic OH excluding ortho intramolecular Hbond substituents is 1. The summed E-state index contributed by atoms with van der Waals surface area (Å²) in [6.07, 6.45) is 2.13. The Morgan fingerprint density at radius 1 is 0.898 bits per heavy atom. The largest absolute Gasteiger partial charge is 0.506 e. The monoisotopic (exact) mass is 663 g/mol. The van der Waals surface area contributed by atoms with Gasteiger partial charge in [0.1, 0.15) is 29.4 Å². The molecule has 0 bridgehead atoms. The lowest BCUT2D eigenvalue weighted by atomic mass is 9.91. The highest BCUT2D eigenvalue weighted by atomic mass is 16.5. The summed E-state index contributed by atoms with van der Waals surface area (Å²) in [6, 6.07) is 29.4. The predicted molar refractivity (Wildman–Crippen MR) is 187 cm³/mol. The Balaban J connectivity index is 0.923. The lowest BCUT2D eigenvalue weighted by molar-refractivity contribution is -0.145. The number of pyridine rings is 1. The molecule has 6 rings (SSSR count). The average molecular weight is 664 g/mol. The smallest absolute Gasteiger partial charge is 0.328 e. The Morgan fingerprint density at radius 3 is 2.51 bits per heavy atom. The molecular weight excluding hydrogens is 622 g/mol. The van der Waals surface area contributed by atoms with Crippen molar-refractivity contribution >= 4 is 16.9 Å². The van der Waals surface area contributed by atoms with E-state index in [1.807, 2.05) is 72.8 Å². The first-order valence-electron chi connectivity index (χ1n) is 16.6. The molecule has 1 heterocycles. The molecule has 5 aromatic rings. The maximum absolute atomic E-state index is 12.4. The number of aromatic nitrogens is 1. The van der Waals surface area contributed by atoms with Crippen molar-refractivity contribution in [3.8, 4) is 17.2 Å². The molecule has 0 amide bonds. The first-order chi connectivity index (χ1) is 23.8. The van der Waals surface area contributed by atoms with Gasteiger partial charge in [0.25, 0.3) is 0 Å². The van der Waals surface area contributed by atoms with Crippen molar-refractivity contribution in [2.45, 2.75) is 50.5 Å². The van der Waals surface area contributed by atoms with Crippen molar-refractivity contribution in [1.29, 1.82) is 0 Å². The number of carbonyl (C=O) groups is 1. The Kier molecular flexibility index (Phi) is 10.6. The molecule has 1 aliphatic rings. The number of H-pyrrole nitrogens is 1. The summed E-state index contributed by atoms with van der Waals surface area (Å²) >= 11 is 0. The number of aromatic hydroxyl groups is 1. The number of unbranched alkanes of at least 4 members (excludes halogenated alkanes) is 1. The average Bonchev–Trinajstić information content (AvgIpc) is 3.50. The standard InChI is InChI=1S/C39H41N3O7/c43-34-15-13-31(32-14-16-36(45)42-37(32)34)35(44)24-40-19-3-4-20-48-29-10-6-8-27(22-29)25-49-30-11-5-7-26(21-30)23-41-39(38(46)47)18-17-28-9-1-2-12-33(28)39/h1-2,5-16,21-22,35,40-41,43-44H,3-4,17-20,23-25H2,(H,42,45)(H,46,47). The van der Waals surface area contributed by atoms with Gasteiger partial charge in [-0.2, -0.15) is 0 Å². The van der Waals surface area contributed by atoms with Gasteiger partial charge < -0.3 is 35.1 Å². The fourth-order valence-corrected chi connectivity index (χ4v) is 6.42. The number of aryl methyl sites for hydroxylation is 1. The van der Waals surface area contributed by atoms with E-state index >= 15 is 0 Å². The number of aliphatic hydroxyl groups excluding tert-OH is 1. The van der Waals surface area contributed by atoms with Gasteiger partial charge in [0.15, 0.2) is 0 Å². The molecule has 1 aliphatic carbocycles. The molecule has 0 saturated carbocycles. The normalized spacial score (nSPS) is 15.9. The molecule has 49 heavy (non-hydrogen) atoms. The van der Waals surface area contributed by atoms with E-state index < -0.39 is 17.6 Å². The van der Waals surface area contributed by atoms with E-state index in [4.69, 9.17) is 9.47 Å². The molecule has 0 radical (unpaired) electrons. The fourth-order valence-electron chi connectivity index (χ4n) is 6.42. The summed E-state index contributed by atoms with van der Waals surface area (Å²) < 4.78 is 12.1. The number of ether oxygens (including phenoxy) is 2. The Hall–Kier alpha value is -5.16. The zero-order valence-corrected chi connectivity index (χ0v) is 27.2. The molecule has 10 heteroatoms. The number of aromatic amines is 1. The summed E-state index contributed by atoms with van der Waals surface area (Å²) in [5, 5.41) is 38.1. The van der Waals surface area contributed by atoms with Crippen molar-refractivity contribution in [2.24, 2.45) is 0 Å². The van der Waals surface area contributed by atoms with Gasteiger partial charge in [-0.25, -0.2) is 4.79 Å². The second-order valence-corrected chi connectivity index (χ2v) is 12.4. The van der Waals surface area contributed by atoms with Crippen LogP contribution < -0.4 is 25.7 Å². The molecule has 2 unspecified atom stereocenters. The SMILES string of the molecule is O=C(O)C1(NCc2cccc(OCc3cccc(OCCCCNCC(O)c4ccc(O)c5[nH]c(=O)ccc45)c3)c2)CCc2ccccc21. The molecule has 4 aromatic carbocycles. The number of hydrogen-bond acceptors (Lipinski definition) is 8. The zero-order valence-electron chi connectivity index (χ0n) is 27.2. The molecular formula is C39H41N3O7. The molecule has 6 N–H and O–H groups in total. The van der Waals surface area contributed by atoms with Crippen LogP contribution in [0.15, 0.2) is 102 Å². The van der Waals surface area contributed by atoms with E-state index in [0.29, 0.717) is 61.5 Å². The molecule has 0 spiro atoms. The van der Waals surface area contributed by atoms with Crippen LogP contribution in [0.5, 0.6) is 17.2 Å². The molecule has 0 fully saturated rings. The van der Waals surface area contributed by atoms with Crippen LogP contribution in [-0.4, -0.2) is 46.0 Å². The highest BCUT2D eigenvalue weighted by Gasteiger charge is 2.45. The second kappa shape index (κ2) is 15.4. The van der Waals surface area contributed by atoms with Crippen LogP contribution in [-0.2, 0) is 29.9 Å². The molecule has 1 aromatic heterocycles. The molecule has 0 saturated heterocycles. The lowest BCUT2D eigenvalue weighted by Gasteiger charge is -2.27. The maximum Gasteiger partial charge on any atom is 0.328 e. The van der Waals surface area contributed by atoms with Gasteiger partial charge >= 0.3 is 5.97 Å². The predicted octanol–water partition coefficient (Wildman–Crippen LogP) is 5.31. The highest BCUT2D eigenvalue weighted by Crippen LogP contribution is 2.37. The lowest BCUT2D eigenvalue weighted by Crippen LogP contribution is -2.47. The number of rotatable bonds is 16. The van der Waals surface area contributed by atoms with E-state index in [1.165, 1.54) is 12.1 Å². The van der Waals surface area contributed by atoms with Crippen molar-refractivity contribution in [3.05, 3.63) is 135 Å². The van der Waals surface area contributed by atoms with E-state index in [2.05, 4.69) is 15.6 Å². The van der Waals surface area contributed by atoms with E-state index in [-0.39, 0.29) is 11.3 Å². The number of fused-ring (bicyclic) bond motifs is 2. The highest BCUT2D eigenvalue weighted by molar-refractivity contribution is 5.87. The van der Waals surface area contributed by atoms with Crippen LogP contribution in [0.1, 0.15) is 53.2 Å². The first kappa shape index (κ1) is 33.7. The third-order valence-electron chi connectivity index (χ3n) is 9.03. The van der Waals surface area contributed by atoms with Gasteiger partial charge in [0, 0.05) is 24.5 Å². The van der Waals surface area contributed by atoms with Gasteiger partial charge in [-0.1, -0.05) is 54.6 Å². The van der Waals surface area contributed by atoms with Crippen molar-refractivity contribution < 1.29 is 29.6 Å². The van der Waals surface area contributed by atoms with E-state index in [1.54, 1.807) is 12.1 Å². The Morgan fingerprint density at radius 2 is 1.67 bits per heavy atom. The number of nitrogens with one attached hydrogen (secondary N) is 3. The number of carboxylic acids is 1. The topological polar surface area (TPSA) is 153 Å². The van der Waals surface area contributed by atoms with Gasteiger partial charge in [0.05, 0.1) is 18.2 Å². The van der Waals surface area contributed by atoms with Gasteiger partial charge in [-0.15, -0.1) is 0 Å². The van der Waals surface area contributed by atoms with Crippen LogP contribution in [0.3, 0.4) is 0 Å². The van der Waals surface area contributed by atoms with Gasteiger partial charge in [-0.05, 0) is 96.4 Å². The van der Waals surface area contributed by atoms with E-state index in [0.717, 1.165) is 47.3 Å². The van der Waals surface area contributed by atoms with Crippen molar-refractivity contribution in [2.75, 3.05) is 19.7 Å². The van der Waals surface area contributed by atoms with E-state index in [9.17, 15) is 24.9 Å². The summed E-state index contributed by atoms with van der Waals surface area (Å²) in [7, 11) is 0. The Labute approximate surface area is 284 Å². The summed E-state index contributed by atoms with van der Waals surface area (Å²) in [5.74, 6) is 0.567. The molecule has 254 valence electrons. The Bertz CT molecular complexity index is 1980. The summed E-state index contributed by atoms with van der Waals surface area (Å²) in [5.41, 5.74) is 3.36. The number of benzene rings is 4. The number of phenols is 1. The van der Waals surface area contributed by atoms with Crippen LogP contribution in [0.4, 0.5) is 0 Å². The van der Waals surface area contributed by atoms with Crippen LogP contribution in [0.25, 0.3) is 10.9 Å². The number of hydrogen-bond donors (Lipinski definition) is 6. The minimum absolute atomic E-state index is 0.0343. The third kappa shape index (κ3) is 7.94. The van der Waals surface area contributed by atoms with Crippen molar-refractivity contribution in [1.82, 2.24) is 15.6 Å². The number of carboxylic acid groups (broad SMARTS) is 1. The van der Waals surface area contributed by atoms with Crippen molar-refractivity contribution in [3.63, 3.8) is 0 Å². The van der Waals surface area contributed by atoms with Crippen LogP contribution in [0, 0.1) is 0 Å². The summed E-state index contributed by atoms with van der Waals surface area (Å²) in [6.45, 7) is 2.33. The van der Waals surface area contributed by atoms with Crippen LogP contribution >= 0.6 is 0 Å². The zero-order chi connectivity index (χ0) is 34.2. The first-order valence-corrected chi connectivity index (χ1v) is 16.6. The maximum atomic E-state index is 12.4. The van der Waals surface area contributed by atoms with Gasteiger partial charge in [0.2, 0.25) is 5.56 Å². The number of aliphatic carboxylic acids is 1. The molecule has 2 atom stereocenters. The molecule has 10 nitrogen and oxygen atoms in total. The van der Waals surface area contributed by atoms with Gasteiger partial charge in [-0.3, -0.25) is 10.1 Å². The number of aliphatic hydroxyl groups is 1. The minimum Gasteiger partial charge on any atom is -0.506 e. The van der Waals surface area contributed by atoms with Crippen LogP contribution in [0.2, 0.25) is 0 Å². The molecule has 0 aliphatic heterocycles.